The summed E-state index contributed by atoms with van der Waals surface area (Å²) in [5, 5.41) is 0. The van der Waals surface area contributed by atoms with Crippen LogP contribution in [-0.2, 0) is 4.74 Å². The van der Waals surface area contributed by atoms with Gasteiger partial charge in [0, 0.05) is 32.3 Å². The van der Waals surface area contributed by atoms with Gasteiger partial charge in [0.15, 0.2) is 5.76 Å². The molecule has 106 valence electrons. The second-order valence-electron chi connectivity index (χ2n) is 5.12. The van der Waals surface area contributed by atoms with Gasteiger partial charge in [-0.3, -0.25) is 4.79 Å². The zero-order chi connectivity index (χ0) is 13.7. The molecule has 2 heterocycles. The Labute approximate surface area is 114 Å². The number of furan rings is 1. The Morgan fingerprint density at radius 1 is 1.32 bits per heavy atom. The van der Waals surface area contributed by atoms with E-state index in [1.807, 2.05) is 19.0 Å². The summed E-state index contributed by atoms with van der Waals surface area (Å²) in [6.45, 7) is 3.03. The van der Waals surface area contributed by atoms with Crippen LogP contribution in [0.15, 0.2) is 22.8 Å². The summed E-state index contributed by atoms with van der Waals surface area (Å²) in [6.07, 6.45) is 3.35. The minimum Gasteiger partial charge on any atom is -0.459 e. The molecule has 5 nitrogen and oxygen atoms in total. The monoisotopic (exact) mass is 266 g/mol. The van der Waals surface area contributed by atoms with E-state index in [0.717, 1.165) is 39.1 Å². The normalized spacial score (nSPS) is 16.8. The first-order chi connectivity index (χ1) is 9.18. The van der Waals surface area contributed by atoms with Gasteiger partial charge in [-0.2, -0.15) is 0 Å². The summed E-state index contributed by atoms with van der Waals surface area (Å²) < 4.78 is 10.6. The molecule has 0 aliphatic carbocycles. The van der Waals surface area contributed by atoms with Gasteiger partial charge in [0.25, 0.3) is 5.91 Å². The zero-order valence-corrected chi connectivity index (χ0v) is 11.7. The lowest BCUT2D eigenvalue weighted by molar-refractivity contribution is 0.0258. The molecule has 1 aliphatic rings. The van der Waals surface area contributed by atoms with Crippen LogP contribution in [0.5, 0.6) is 0 Å². The Hall–Kier alpha value is -1.33. The summed E-state index contributed by atoms with van der Waals surface area (Å²) in [6, 6.07) is 3.73. The van der Waals surface area contributed by atoms with E-state index < -0.39 is 0 Å². The fraction of sp³-hybridized carbons (Fsp3) is 0.643. The third kappa shape index (κ3) is 3.81. The molecule has 1 saturated heterocycles. The number of ether oxygens (including phenoxy) is 1. The van der Waals surface area contributed by atoms with E-state index in [4.69, 9.17) is 9.15 Å². The van der Waals surface area contributed by atoms with Gasteiger partial charge >= 0.3 is 0 Å². The summed E-state index contributed by atoms with van der Waals surface area (Å²) in [5.74, 6) is 0.406. The number of nitrogens with zero attached hydrogens (tertiary/aromatic N) is 2. The molecule has 19 heavy (non-hydrogen) atoms. The van der Waals surface area contributed by atoms with Gasteiger partial charge in [-0.05, 0) is 39.1 Å². The van der Waals surface area contributed by atoms with Crippen molar-refractivity contribution in [1.82, 2.24) is 9.80 Å². The van der Waals surface area contributed by atoms with Crippen LogP contribution in [0.1, 0.15) is 23.4 Å². The van der Waals surface area contributed by atoms with Gasteiger partial charge < -0.3 is 19.0 Å². The lowest BCUT2D eigenvalue weighted by Gasteiger charge is -2.34. The highest BCUT2D eigenvalue weighted by atomic mass is 16.5. The quantitative estimate of drug-likeness (QED) is 0.809. The summed E-state index contributed by atoms with van der Waals surface area (Å²) in [7, 11) is 4.03. The minimum absolute atomic E-state index is 0.0150. The number of carbonyl (C=O) groups excluding carboxylic acids is 1. The molecule has 0 unspecified atom stereocenters. The number of amides is 1. The second-order valence-corrected chi connectivity index (χ2v) is 5.12. The lowest BCUT2D eigenvalue weighted by atomic mass is 10.1. The predicted molar refractivity (Wildman–Crippen MR) is 72.1 cm³/mol. The lowest BCUT2D eigenvalue weighted by Crippen LogP contribution is -2.46. The van der Waals surface area contributed by atoms with E-state index in [9.17, 15) is 4.79 Å². The van der Waals surface area contributed by atoms with Gasteiger partial charge in [0.05, 0.1) is 6.26 Å². The van der Waals surface area contributed by atoms with Crippen LogP contribution < -0.4 is 0 Å². The van der Waals surface area contributed by atoms with Crippen molar-refractivity contribution >= 4 is 5.91 Å². The third-order valence-electron chi connectivity index (χ3n) is 3.41. The summed E-state index contributed by atoms with van der Waals surface area (Å²) >= 11 is 0. The zero-order valence-electron chi connectivity index (χ0n) is 11.7. The second kappa shape index (κ2) is 6.73. The van der Waals surface area contributed by atoms with Crippen molar-refractivity contribution in [2.75, 3.05) is 40.4 Å². The first kappa shape index (κ1) is 14.1. The van der Waals surface area contributed by atoms with Crippen LogP contribution >= 0.6 is 0 Å². The Morgan fingerprint density at radius 2 is 2.05 bits per heavy atom. The fourth-order valence-electron chi connectivity index (χ4n) is 2.30. The van der Waals surface area contributed by atoms with Crippen molar-refractivity contribution in [3.05, 3.63) is 24.2 Å². The molecule has 1 amide bonds. The maximum absolute atomic E-state index is 12.5. The summed E-state index contributed by atoms with van der Waals surface area (Å²) in [5.41, 5.74) is 0. The molecule has 1 aliphatic heterocycles. The molecule has 1 aromatic rings. The molecule has 0 aromatic carbocycles. The number of likely N-dealkylation sites (N-methyl/N-ethyl adjacent to an activating group) is 1. The Balaban J connectivity index is 2.06. The van der Waals surface area contributed by atoms with Gasteiger partial charge in [0.2, 0.25) is 0 Å². The predicted octanol–water partition coefficient (Wildman–Crippen LogP) is 1.46. The van der Waals surface area contributed by atoms with Crippen LogP contribution in [0.3, 0.4) is 0 Å². The van der Waals surface area contributed by atoms with E-state index in [2.05, 4.69) is 4.90 Å². The molecule has 5 heteroatoms. The molecule has 0 saturated carbocycles. The molecule has 0 bridgehead atoms. The van der Waals surface area contributed by atoms with Crippen molar-refractivity contribution in [1.29, 1.82) is 0 Å². The molecule has 1 aromatic heterocycles. The molecule has 2 rings (SSSR count). The fourth-order valence-corrected chi connectivity index (χ4v) is 2.30. The first-order valence-electron chi connectivity index (χ1n) is 6.75. The van der Waals surface area contributed by atoms with E-state index in [1.54, 1.807) is 18.4 Å². The highest BCUT2D eigenvalue weighted by molar-refractivity contribution is 5.91. The average molecular weight is 266 g/mol. The highest BCUT2D eigenvalue weighted by Gasteiger charge is 2.27. The molecule has 0 radical (unpaired) electrons. The van der Waals surface area contributed by atoms with Crippen LogP contribution in [0.4, 0.5) is 0 Å². The van der Waals surface area contributed by atoms with Gasteiger partial charge in [-0.1, -0.05) is 0 Å². The number of carbonyl (C=O) groups is 1. The molecule has 0 spiro atoms. The van der Waals surface area contributed by atoms with Crippen molar-refractivity contribution in [2.45, 2.75) is 18.9 Å². The molecule has 0 atom stereocenters. The number of hydrogen-bond acceptors (Lipinski definition) is 4. The van der Waals surface area contributed by atoms with Gasteiger partial charge in [-0.15, -0.1) is 0 Å². The van der Waals surface area contributed by atoms with Crippen molar-refractivity contribution in [2.24, 2.45) is 0 Å². The summed E-state index contributed by atoms with van der Waals surface area (Å²) in [4.78, 5) is 16.5. The van der Waals surface area contributed by atoms with E-state index >= 15 is 0 Å². The van der Waals surface area contributed by atoms with Gasteiger partial charge in [0.1, 0.15) is 0 Å². The number of hydrogen-bond donors (Lipinski definition) is 0. The Kier molecular flexibility index (Phi) is 4.99. The van der Waals surface area contributed by atoms with Crippen molar-refractivity contribution in [3.63, 3.8) is 0 Å². The highest BCUT2D eigenvalue weighted by Crippen LogP contribution is 2.17. The molecular weight excluding hydrogens is 244 g/mol. The van der Waals surface area contributed by atoms with Crippen LogP contribution in [0.25, 0.3) is 0 Å². The largest absolute Gasteiger partial charge is 0.459 e. The standard InChI is InChI=1S/C14H22N2O3/c1-15(2)7-8-16(12-5-10-18-11-6-12)14(17)13-4-3-9-19-13/h3-4,9,12H,5-8,10-11H2,1-2H3. The topological polar surface area (TPSA) is 45.9 Å². The Morgan fingerprint density at radius 3 is 2.63 bits per heavy atom. The molecule has 0 N–H and O–H groups in total. The van der Waals surface area contributed by atoms with E-state index in [-0.39, 0.29) is 11.9 Å². The third-order valence-corrected chi connectivity index (χ3v) is 3.41. The van der Waals surface area contributed by atoms with Gasteiger partial charge in [-0.25, -0.2) is 0 Å². The minimum atomic E-state index is -0.0150. The average Bonchev–Trinajstić information content (AvgIpc) is 2.93. The molecule has 1 fully saturated rings. The molecular formula is C14H22N2O3. The maximum Gasteiger partial charge on any atom is 0.289 e. The SMILES string of the molecule is CN(C)CCN(C(=O)c1ccco1)C1CCOCC1. The number of rotatable bonds is 5. The van der Waals surface area contributed by atoms with Crippen molar-refractivity contribution < 1.29 is 13.9 Å². The van der Waals surface area contributed by atoms with E-state index in [0.29, 0.717) is 5.76 Å². The van der Waals surface area contributed by atoms with Crippen molar-refractivity contribution in [3.8, 4) is 0 Å². The Bertz CT molecular complexity index is 383. The first-order valence-corrected chi connectivity index (χ1v) is 6.75. The van der Waals surface area contributed by atoms with Crippen LogP contribution in [0.2, 0.25) is 0 Å². The van der Waals surface area contributed by atoms with E-state index in [1.165, 1.54) is 0 Å². The maximum atomic E-state index is 12.5. The van der Waals surface area contributed by atoms with Crippen LogP contribution in [-0.4, -0.2) is 62.1 Å². The van der Waals surface area contributed by atoms with Crippen LogP contribution in [0, 0.1) is 0 Å². The smallest absolute Gasteiger partial charge is 0.289 e.